The van der Waals surface area contributed by atoms with E-state index in [1.54, 1.807) is 0 Å². The number of hydrogen-bond acceptors (Lipinski definition) is 0. The molecule has 1 aliphatic carbocycles. The summed E-state index contributed by atoms with van der Waals surface area (Å²) >= 11 is 0. The number of benzene rings is 4. The first-order valence-corrected chi connectivity index (χ1v) is 10.1. The van der Waals surface area contributed by atoms with Crippen LogP contribution in [-0.2, 0) is 13.0 Å². The molecule has 0 radical (unpaired) electrons. The second kappa shape index (κ2) is 5.84. The number of para-hydroxylation sites is 1. The van der Waals surface area contributed by atoms with Crippen LogP contribution in [0.4, 0.5) is 0 Å². The fraction of sp³-hybridized carbons (Fsp3) is 0.111. The maximum Gasteiger partial charge on any atom is 0.0491 e. The summed E-state index contributed by atoms with van der Waals surface area (Å²) in [6, 6.07) is 31.4. The minimum absolute atomic E-state index is 0.985. The van der Waals surface area contributed by atoms with E-state index in [2.05, 4.69) is 96.4 Å². The highest BCUT2D eigenvalue weighted by molar-refractivity contribution is 6.09. The molecule has 0 aliphatic heterocycles. The van der Waals surface area contributed by atoms with Crippen LogP contribution in [0.5, 0.6) is 0 Å². The third kappa shape index (κ3) is 2.13. The molecule has 5 aromatic rings. The van der Waals surface area contributed by atoms with Crippen molar-refractivity contribution in [3.05, 3.63) is 96.1 Å². The lowest BCUT2D eigenvalue weighted by molar-refractivity contribution is 0.827. The molecule has 0 fully saturated rings. The highest BCUT2D eigenvalue weighted by Gasteiger charge is 2.18. The SMILES string of the molecule is CCn1c2ccccc2c2cc(-c3ccc4c(c3)-c3ccccc3C4)ccc21. The van der Waals surface area contributed by atoms with Crippen molar-refractivity contribution in [2.45, 2.75) is 19.9 Å². The van der Waals surface area contributed by atoms with Gasteiger partial charge in [-0.1, -0.05) is 60.7 Å². The Kier molecular flexibility index (Phi) is 3.28. The van der Waals surface area contributed by atoms with Gasteiger partial charge in [0.05, 0.1) is 0 Å². The van der Waals surface area contributed by atoms with Gasteiger partial charge in [0.2, 0.25) is 0 Å². The maximum atomic E-state index is 2.41. The summed E-state index contributed by atoms with van der Waals surface area (Å²) in [5, 5.41) is 2.68. The average Bonchev–Trinajstić information content (AvgIpc) is 3.28. The van der Waals surface area contributed by atoms with Crippen LogP contribution < -0.4 is 0 Å². The molecule has 0 saturated heterocycles. The molecule has 1 aromatic heterocycles. The second-order valence-corrected chi connectivity index (χ2v) is 7.70. The predicted molar refractivity (Wildman–Crippen MR) is 119 cm³/mol. The lowest BCUT2D eigenvalue weighted by Crippen LogP contribution is -1.92. The Morgan fingerprint density at radius 1 is 0.643 bits per heavy atom. The van der Waals surface area contributed by atoms with Gasteiger partial charge in [-0.3, -0.25) is 0 Å². The van der Waals surface area contributed by atoms with Crippen molar-refractivity contribution in [3.63, 3.8) is 0 Å². The highest BCUT2D eigenvalue weighted by atomic mass is 15.0. The standard InChI is InChI=1S/C27H21N/c1-2-28-26-10-6-5-9-23(26)25-17-19(13-14-27(25)28)18-11-12-21-15-20-7-3-4-8-22(20)24(21)16-18/h3-14,16-17H,2,15H2,1H3. The summed E-state index contributed by atoms with van der Waals surface area (Å²) in [6.07, 6.45) is 1.05. The normalized spacial score (nSPS) is 12.5. The van der Waals surface area contributed by atoms with E-state index in [4.69, 9.17) is 0 Å². The molecule has 0 saturated carbocycles. The van der Waals surface area contributed by atoms with Crippen LogP contribution in [0.2, 0.25) is 0 Å². The highest BCUT2D eigenvalue weighted by Crippen LogP contribution is 2.39. The Labute approximate surface area is 164 Å². The van der Waals surface area contributed by atoms with Gasteiger partial charge in [-0.05, 0) is 71.0 Å². The molecule has 0 bridgehead atoms. The quantitative estimate of drug-likeness (QED) is 0.312. The second-order valence-electron chi connectivity index (χ2n) is 7.70. The van der Waals surface area contributed by atoms with E-state index in [-0.39, 0.29) is 0 Å². The van der Waals surface area contributed by atoms with Gasteiger partial charge in [0.15, 0.2) is 0 Å². The number of rotatable bonds is 2. The molecule has 0 unspecified atom stereocenters. The molecule has 0 spiro atoms. The van der Waals surface area contributed by atoms with E-state index < -0.39 is 0 Å². The average molecular weight is 359 g/mol. The molecule has 28 heavy (non-hydrogen) atoms. The number of fused-ring (bicyclic) bond motifs is 6. The molecular formula is C27H21N. The van der Waals surface area contributed by atoms with Gasteiger partial charge in [0, 0.05) is 28.4 Å². The summed E-state index contributed by atoms with van der Waals surface area (Å²) in [6.45, 7) is 3.21. The van der Waals surface area contributed by atoms with Gasteiger partial charge >= 0.3 is 0 Å². The van der Waals surface area contributed by atoms with Crippen molar-refractivity contribution in [1.29, 1.82) is 0 Å². The first kappa shape index (κ1) is 15.7. The largest absolute Gasteiger partial charge is 0.341 e. The van der Waals surface area contributed by atoms with E-state index in [9.17, 15) is 0 Å². The van der Waals surface area contributed by atoms with Gasteiger partial charge in [-0.15, -0.1) is 0 Å². The Morgan fingerprint density at radius 3 is 2.29 bits per heavy atom. The van der Waals surface area contributed by atoms with Crippen LogP contribution in [0, 0.1) is 0 Å². The van der Waals surface area contributed by atoms with Crippen molar-refractivity contribution in [2.75, 3.05) is 0 Å². The number of nitrogens with zero attached hydrogens (tertiary/aromatic N) is 1. The zero-order valence-electron chi connectivity index (χ0n) is 15.9. The summed E-state index contributed by atoms with van der Waals surface area (Å²) < 4.78 is 2.41. The number of aryl methyl sites for hydroxylation is 1. The molecule has 1 nitrogen and oxygen atoms in total. The van der Waals surface area contributed by atoms with E-state index in [1.165, 1.54) is 55.2 Å². The molecule has 0 amide bonds. The molecule has 0 N–H and O–H groups in total. The Morgan fingerprint density at radius 2 is 1.36 bits per heavy atom. The summed E-state index contributed by atoms with van der Waals surface area (Å²) in [4.78, 5) is 0. The first-order chi connectivity index (χ1) is 13.8. The van der Waals surface area contributed by atoms with Gasteiger partial charge in [-0.2, -0.15) is 0 Å². The monoisotopic (exact) mass is 359 g/mol. The van der Waals surface area contributed by atoms with Crippen molar-refractivity contribution in [3.8, 4) is 22.3 Å². The molecule has 1 aliphatic rings. The van der Waals surface area contributed by atoms with Crippen molar-refractivity contribution < 1.29 is 0 Å². The van der Waals surface area contributed by atoms with E-state index in [1.807, 2.05) is 0 Å². The Bertz CT molecular complexity index is 1370. The fourth-order valence-electron chi connectivity index (χ4n) is 4.88. The summed E-state index contributed by atoms with van der Waals surface area (Å²) in [5.74, 6) is 0. The molecule has 4 aromatic carbocycles. The molecular weight excluding hydrogens is 338 g/mol. The van der Waals surface area contributed by atoms with Crippen LogP contribution in [0.3, 0.4) is 0 Å². The Hall–Kier alpha value is -3.32. The Balaban J connectivity index is 1.56. The van der Waals surface area contributed by atoms with Gasteiger partial charge < -0.3 is 4.57 Å². The van der Waals surface area contributed by atoms with Crippen LogP contribution in [-0.4, -0.2) is 4.57 Å². The molecule has 1 heteroatoms. The third-order valence-corrected chi connectivity index (χ3v) is 6.22. The summed E-state index contributed by atoms with van der Waals surface area (Å²) in [7, 11) is 0. The van der Waals surface area contributed by atoms with Crippen LogP contribution in [0.15, 0.2) is 84.9 Å². The molecule has 1 heterocycles. The van der Waals surface area contributed by atoms with Gasteiger partial charge in [0.1, 0.15) is 0 Å². The lowest BCUT2D eigenvalue weighted by atomic mass is 9.97. The van der Waals surface area contributed by atoms with E-state index in [0.717, 1.165) is 13.0 Å². The predicted octanol–water partition coefficient (Wildman–Crippen LogP) is 7.05. The topological polar surface area (TPSA) is 4.93 Å². The number of aromatic nitrogens is 1. The van der Waals surface area contributed by atoms with E-state index >= 15 is 0 Å². The van der Waals surface area contributed by atoms with Gasteiger partial charge in [-0.25, -0.2) is 0 Å². The fourth-order valence-corrected chi connectivity index (χ4v) is 4.88. The van der Waals surface area contributed by atoms with Crippen LogP contribution in [0.1, 0.15) is 18.1 Å². The first-order valence-electron chi connectivity index (χ1n) is 10.1. The van der Waals surface area contributed by atoms with Crippen LogP contribution >= 0.6 is 0 Å². The van der Waals surface area contributed by atoms with Crippen molar-refractivity contribution in [1.82, 2.24) is 4.57 Å². The minimum Gasteiger partial charge on any atom is -0.341 e. The zero-order chi connectivity index (χ0) is 18.7. The van der Waals surface area contributed by atoms with E-state index in [0.29, 0.717) is 0 Å². The summed E-state index contributed by atoms with van der Waals surface area (Å²) in [5.41, 5.74) is 10.9. The lowest BCUT2D eigenvalue weighted by Gasteiger charge is -2.08. The molecule has 0 atom stereocenters. The van der Waals surface area contributed by atoms with Crippen LogP contribution in [0.25, 0.3) is 44.1 Å². The maximum absolute atomic E-state index is 2.41. The molecule has 134 valence electrons. The van der Waals surface area contributed by atoms with Gasteiger partial charge in [0.25, 0.3) is 0 Å². The van der Waals surface area contributed by atoms with Crippen molar-refractivity contribution >= 4 is 21.8 Å². The smallest absolute Gasteiger partial charge is 0.0491 e. The molecule has 6 rings (SSSR count). The third-order valence-electron chi connectivity index (χ3n) is 6.22. The zero-order valence-corrected chi connectivity index (χ0v) is 15.9. The minimum atomic E-state index is 0.985. The number of hydrogen-bond donors (Lipinski definition) is 0. The van der Waals surface area contributed by atoms with Crippen molar-refractivity contribution in [2.24, 2.45) is 0 Å².